The summed E-state index contributed by atoms with van der Waals surface area (Å²) in [6.07, 6.45) is 0.0231. The maximum absolute atomic E-state index is 13.5. The van der Waals surface area contributed by atoms with Crippen LogP contribution in [0.5, 0.6) is 0 Å². The first kappa shape index (κ1) is 15.2. The van der Waals surface area contributed by atoms with Crippen LogP contribution in [-0.4, -0.2) is 15.9 Å². The van der Waals surface area contributed by atoms with Crippen molar-refractivity contribution in [2.75, 3.05) is 16.8 Å². The Kier molecular flexibility index (Phi) is 5.05. The maximum Gasteiger partial charge on any atom is 0.225 e. The van der Waals surface area contributed by atoms with Gasteiger partial charge in [-0.15, -0.1) is 0 Å². The number of carbonyl (C=O) groups is 1. The van der Waals surface area contributed by atoms with Crippen molar-refractivity contribution in [1.82, 2.24) is 0 Å². The number of nitrogens with one attached hydrogen (secondary N) is 1. The first-order valence-electron chi connectivity index (χ1n) is 6.35. The molecule has 1 amide bonds. The van der Waals surface area contributed by atoms with Gasteiger partial charge in [-0.05, 0) is 24.3 Å². The molecule has 0 aliphatic rings. The van der Waals surface area contributed by atoms with E-state index >= 15 is 0 Å². The summed E-state index contributed by atoms with van der Waals surface area (Å²) in [6, 6.07) is 12.7. The number of amides is 1. The van der Waals surface area contributed by atoms with Gasteiger partial charge in [0.05, 0.1) is 27.1 Å². The summed E-state index contributed by atoms with van der Waals surface area (Å²) >= 11 is 0. The normalized spacial score (nSPS) is 11.9. The van der Waals surface area contributed by atoms with Gasteiger partial charge in [0.2, 0.25) is 5.91 Å². The first-order valence-corrected chi connectivity index (χ1v) is 7.67. The van der Waals surface area contributed by atoms with Crippen molar-refractivity contribution in [2.45, 2.75) is 11.3 Å². The number of benzene rings is 2. The second-order valence-electron chi connectivity index (χ2n) is 4.37. The highest BCUT2D eigenvalue weighted by molar-refractivity contribution is 7.85. The van der Waals surface area contributed by atoms with Gasteiger partial charge in [-0.25, -0.2) is 4.39 Å². The van der Waals surface area contributed by atoms with Crippen LogP contribution in [0.3, 0.4) is 0 Å². The number of nitrogens with two attached hydrogens (primary N) is 1. The van der Waals surface area contributed by atoms with Crippen LogP contribution >= 0.6 is 0 Å². The zero-order valence-corrected chi connectivity index (χ0v) is 12.0. The van der Waals surface area contributed by atoms with Crippen LogP contribution in [0, 0.1) is 5.82 Å². The number of anilines is 2. The largest absolute Gasteiger partial charge is 0.397 e. The van der Waals surface area contributed by atoms with Gasteiger partial charge in [-0.1, -0.05) is 24.3 Å². The molecule has 0 saturated heterocycles. The SMILES string of the molecule is Nc1ccccc1NC(=O)CCS(=O)c1ccccc1F. The quantitative estimate of drug-likeness (QED) is 0.834. The van der Waals surface area contributed by atoms with Crippen molar-refractivity contribution in [1.29, 1.82) is 0 Å². The summed E-state index contributed by atoms with van der Waals surface area (Å²) < 4.78 is 25.4. The van der Waals surface area contributed by atoms with E-state index in [9.17, 15) is 13.4 Å². The highest BCUT2D eigenvalue weighted by Crippen LogP contribution is 2.17. The molecular weight excluding hydrogens is 291 g/mol. The molecule has 1 unspecified atom stereocenters. The smallest absolute Gasteiger partial charge is 0.225 e. The van der Waals surface area contributed by atoms with E-state index in [-0.39, 0.29) is 23.0 Å². The number of carbonyl (C=O) groups excluding carboxylic acids is 1. The molecule has 0 bridgehead atoms. The first-order chi connectivity index (χ1) is 10.1. The zero-order valence-electron chi connectivity index (χ0n) is 11.2. The van der Waals surface area contributed by atoms with Gasteiger partial charge >= 0.3 is 0 Å². The molecule has 0 heterocycles. The van der Waals surface area contributed by atoms with Gasteiger partial charge in [0.15, 0.2) is 0 Å². The molecule has 0 aliphatic heterocycles. The average Bonchev–Trinajstić information content (AvgIpc) is 2.48. The summed E-state index contributed by atoms with van der Waals surface area (Å²) in [6.45, 7) is 0. The van der Waals surface area contributed by atoms with Crippen LogP contribution in [0.1, 0.15) is 6.42 Å². The van der Waals surface area contributed by atoms with Gasteiger partial charge in [-0.3, -0.25) is 9.00 Å². The second kappa shape index (κ2) is 6.99. The molecule has 4 nitrogen and oxygen atoms in total. The number of hydrogen-bond donors (Lipinski definition) is 2. The molecule has 0 spiro atoms. The molecule has 3 N–H and O–H groups in total. The van der Waals surface area contributed by atoms with E-state index in [0.29, 0.717) is 11.4 Å². The molecule has 2 aromatic rings. The molecule has 0 fully saturated rings. The molecule has 0 aliphatic carbocycles. The van der Waals surface area contributed by atoms with Crippen molar-refractivity contribution < 1.29 is 13.4 Å². The molecule has 1 atom stereocenters. The Morgan fingerprint density at radius 1 is 1.14 bits per heavy atom. The van der Waals surface area contributed by atoms with Crippen molar-refractivity contribution in [3.8, 4) is 0 Å². The van der Waals surface area contributed by atoms with E-state index in [4.69, 9.17) is 5.73 Å². The van der Waals surface area contributed by atoms with Gasteiger partial charge in [0.1, 0.15) is 5.82 Å². The van der Waals surface area contributed by atoms with Crippen LogP contribution in [0.25, 0.3) is 0 Å². The number of para-hydroxylation sites is 2. The fraction of sp³-hybridized carbons (Fsp3) is 0.133. The van der Waals surface area contributed by atoms with Crippen LogP contribution in [0.4, 0.5) is 15.8 Å². The molecular formula is C15H15FN2O2S. The summed E-state index contributed by atoms with van der Waals surface area (Å²) in [4.78, 5) is 11.9. The molecule has 2 aromatic carbocycles. The van der Waals surface area contributed by atoms with E-state index in [1.165, 1.54) is 18.2 Å². The highest BCUT2D eigenvalue weighted by atomic mass is 32.2. The summed E-state index contributed by atoms with van der Waals surface area (Å²) in [5.41, 5.74) is 6.68. The number of halogens is 1. The van der Waals surface area contributed by atoms with Crippen molar-refractivity contribution in [2.24, 2.45) is 0 Å². The minimum absolute atomic E-state index is 0.0231. The Hall–Kier alpha value is -2.21. The summed E-state index contributed by atoms with van der Waals surface area (Å²) in [5.74, 6) is -0.777. The summed E-state index contributed by atoms with van der Waals surface area (Å²) in [5, 5.41) is 2.64. The Morgan fingerprint density at radius 3 is 2.52 bits per heavy atom. The molecule has 110 valence electrons. The predicted octanol–water partition coefficient (Wildman–Crippen LogP) is 2.54. The van der Waals surface area contributed by atoms with Crippen molar-refractivity contribution in [3.63, 3.8) is 0 Å². The van der Waals surface area contributed by atoms with Gasteiger partial charge in [0, 0.05) is 12.2 Å². The van der Waals surface area contributed by atoms with E-state index in [2.05, 4.69) is 5.32 Å². The third-order valence-corrected chi connectivity index (χ3v) is 4.23. The molecule has 2 rings (SSSR count). The lowest BCUT2D eigenvalue weighted by molar-refractivity contribution is -0.115. The molecule has 6 heteroatoms. The van der Waals surface area contributed by atoms with E-state index in [1.54, 1.807) is 30.3 Å². The minimum atomic E-state index is -1.55. The predicted molar refractivity (Wildman–Crippen MR) is 81.8 cm³/mol. The average molecular weight is 306 g/mol. The van der Waals surface area contributed by atoms with Gasteiger partial charge in [0.25, 0.3) is 0 Å². The Morgan fingerprint density at radius 2 is 1.81 bits per heavy atom. The standard InChI is InChI=1S/C15H15FN2O2S/c16-11-5-1-4-8-14(11)21(20)10-9-15(19)18-13-7-3-2-6-12(13)17/h1-8H,9-10,17H2,(H,18,19). The van der Waals surface area contributed by atoms with Crippen LogP contribution in [-0.2, 0) is 15.6 Å². The zero-order chi connectivity index (χ0) is 15.2. The fourth-order valence-electron chi connectivity index (χ4n) is 1.75. The molecule has 0 aromatic heterocycles. The van der Waals surface area contributed by atoms with E-state index < -0.39 is 16.6 Å². The lowest BCUT2D eigenvalue weighted by atomic mass is 10.2. The minimum Gasteiger partial charge on any atom is -0.397 e. The molecule has 21 heavy (non-hydrogen) atoms. The number of nitrogen functional groups attached to an aromatic ring is 1. The Labute approximate surface area is 124 Å². The van der Waals surface area contributed by atoms with Gasteiger partial charge < -0.3 is 11.1 Å². The number of hydrogen-bond acceptors (Lipinski definition) is 3. The Bertz CT molecular complexity index is 676. The lowest BCUT2D eigenvalue weighted by Crippen LogP contribution is -2.16. The van der Waals surface area contributed by atoms with Crippen LogP contribution < -0.4 is 11.1 Å². The Balaban J connectivity index is 1.91. The van der Waals surface area contributed by atoms with E-state index in [0.717, 1.165) is 0 Å². The third-order valence-electron chi connectivity index (χ3n) is 2.83. The summed E-state index contributed by atoms with van der Waals surface area (Å²) in [7, 11) is -1.55. The van der Waals surface area contributed by atoms with Crippen molar-refractivity contribution >= 4 is 28.1 Å². The molecule has 0 radical (unpaired) electrons. The topological polar surface area (TPSA) is 72.2 Å². The van der Waals surface area contributed by atoms with Crippen molar-refractivity contribution in [3.05, 3.63) is 54.3 Å². The van der Waals surface area contributed by atoms with Gasteiger partial charge in [-0.2, -0.15) is 0 Å². The third kappa shape index (κ3) is 4.13. The lowest BCUT2D eigenvalue weighted by Gasteiger charge is -2.08. The monoisotopic (exact) mass is 306 g/mol. The second-order valence-corrected chi connectivity index (χ2v) is 5.90. The maximum atomic E-state index is 13.5. The van der Waals surface area contributed by atoms with Crippen LogP contribution in [0.2, 0.25) is 0 Å². The number of rotatable bonds is 5. The molecule has 0 saturated carbocycles. The van der Waals surface area contributed by atoms with E-state index in [1.807, 2.05) is 0 Å². The fourth-order valence-corrected chi connectivity index (χ4v) is 2.85. The highest BCUT2D eigenvalue weighted by Gasteiger charge is 2.12. The van der Waals surface area contributed by atoms with Crippen LogP contribution in [0.15, 0.2) is 53.4 Å².